The summed E-state index contributed by atoms with van der Waals surface area (Å²) in [6.45, 7) is 2.27. The van der Waals surface area contributed by atoms with E-state index in [1.807, 2.05) is 0 Å². The molecule has 2 bridgehead atoms. The van der Waals surface area contributed by atoms with Crippen LogP contribution in [0.25, 0.3) is 0 Å². The summed E-state index contributed by atoms with van der Waals surface area (Å²) in [5.74, 6) is 0. The fourth-order valence-electron chi connectivity index (χ4n) is 3.10. The lowest BCUT2D eigenvalue weighted by Crippen LogP contribution is -2.71. The maximum atomic E-state index is 5.98. The van der Waals surface area contributed by atoms with E-state index >= 15 is 0 Å². The Morgan fingerprint density at radius 3 is 2.27 bits per heavy atom. The Bertz CT molecular complexity index is 142. The van der Waals surface area contributed by atoms with Gasteiger partial charge >= 0.3 is 0 Å². The van der Waals surface area contributed by atoms with Crippen molar-refractivity contribution >= 4 is 0 Å². The van der Waals surface area contributed by atoms with Gasteiger partial charge in [-0.15, -0.1) is 0 Å². The summed E-state index contributed by atoms with van der Waals surface area (Å²) in [7, 11) is 0. The summed E-state index contributed by atoms with van der Waals surface area (Å²) in [6.07, 6.45) is 9.67. The zero-order chi connectivity index (χ0) is 7.95. The lowest BCUT2D eigenvalue weighted by atomic mass is 9.38. The standard InChI is InChI=1S/C10H19N/c1-2-3-4-5-9-6-10(11,7-9)8-9/h2-8,11H2,1H3. The smallest absolute Gasteiger partial charge is 0.0170 e. The molecule has 3 fully saturated rings. The van der Waals surface area contributed by atoms with Crippen molar-refractivity contribution < 1.29 is 0 Å². The van der Waals surface area contributed by atoms with Crippen molar-refractivity contribution in [2.24, 2.45) is 11.1 Å². The Morgan fingerprint density at radius 1 is 1.18 bits per heavy atom. The summed E-state index contributed by atoms with van der Waals surface area (Å²) in [5, 5.41) is 0. The third-order valence-corrected chi connectivity index (χ3v) is 3.49. The van der Waals surface area contributed by atoms with Crippen molar-refractivity contribution in [2.45, 2.75) is 57.4 Å². The van der Waals surface area contributed by atoms with E-state index in [2.05, 4.69) is 6.92 Å². The van der Waals surface area contributed by atoms with E-state index in [0.717, 1.165) is 5.41 Å². The molecule has 0 unspecified atom stereocenters. The molecule has 3 rings (SSSR count). The number of nitrogens with two attached hydrogens (primary N) is 1. The van der Waals surface area contributed by atoms with Crippen LogP contribution in [0.15, 0.2) is 0 Å². The van der Waals surface area contributed by atoms with Gasteiger partial charge in [-0.1, -0.05) is 26.2 Å². The van der Waals surface area contributed by atoms with Gasteiger partial charge in [0.15, 0.2) is 0 Å². The minimum atomic E-state index is 0.326. The summed E-state index contributed by atoms with van der Waals surface area (Å²) in [5.41, 5.74) is 7.06. The van der Waals surface area contributed by atoms with E-state index in [9.17, 15) is 0 Å². The quantitative estimate of drug-likeness (QED) is 0.617. The summed E-state index contributed by atoms with van der Waals surface area (Å²) < 4.78 is 0. The van der Waals surface area contributed by atoms with E-state index < -0.39 is 0 Å². The Morgan fingerprint density at radius 2 is 1.82 bits per heavy atom. The molecule has 0 aromatic carbocycles. The highest BCUT2D eigenvalue weighted by atomic mass is 14.9. The molecule has 0 aliphatic heterocycles. The molecule has 3 aliphatic rings. The summed E-state index contributed by atoms with van der Waals surface area (Å²) in [6, 6.07) is 0. The predicted molar refractivity (Wildman–Crippen MR) is 47.3 cm³/mol. The third kappa shape index (κ3) is 1.10. The molecule has 0 heterocycles. The van der Waals surface area contributed by atoms with Crippen LogP contribution in [0.4, 0.5) is 0 Å². The Kier molecular flexibility index (Phi) is 1.54. The molecule has 1 nitrogen and oxygen atoms in total. The van der Waals surface area contributed by atoms with E-state index in [0.29, 0.717) is 5.54 Å². The molecule has 3 aliphatic carbocycles. The van der Waals surface area contributed by atoms with Crippen molar-refractivity contribution in [1.29, 1.82) is 0 Å². The van der Waals surface area contributed by atoms with Crippen LogP contribution in [0.5, 0.6) is 0 Å². The molecular formula is C10H19N. The second-order valence-electron chi connectivity index (χ2n) is 4.85. The van der Waals surface area contributed by atoms with Crippen LogP contribution in [-0.4, -0.2) is 5.54 Å². The maximum Gasteiger partial charge on any atom is 0.0170 e. The fraction of sp³-hybridized carbons (Fsp3) is 1.00. The van der Waals surface area contributed by atoms with E-state index in [4.69, 9.17) is 5.73 Å². The number of hydrogen-bond donors (Lipinski definition) is 1. The van der Waals surface area contributed by atoms with Gasteiger partial charge in [0.1, 0.15) is 0 Å². The topological polar surface area (TPSA) is 26.0 Å². The van der Waals surface area contributed by atoms with Crippen molar-refractivity contribution in [3.63, 3.8) is 0 Å². The van der Waals surface area contributed by atoms with Crippen molar-refractivity contribution in [3.05, 3.63) is 0 Å². The lowest BCUT2D eigenvalue weighted by molar-refractivity contribution is -0.137. The Balaban J connectivity index is 1.66. The van der Waals surface area contributed by atoms with Crippen molar-refractivity contribution in [3.8, 4) is 0 Å². The summed E-state index contributed by atoms with van der Waals surface area (Å²) in [4.78, 5) is 0. The van der Waals surface area contributed by atoms with Crippen LogP contribution < -0.4 is 5.73 Å². The zero-order valence-corrected chi connectivity index (χ0v) is 7.53. The first-order valence-electron chi connectivity index (χ1n) is 4.97. The molecule has 1 heteroatoms. The average molecular weight is 153 g/mol. The highest BCUT2D eigenvalue weighted by Crippen LogP contribution is 2.68. The van der Waals surface area contributed by atoms with Gasteiger partial charge in [-0.2, -0.15) is 0 Å². The first-order valence-corrected chi connectivity index (χ1v) is 4.97. The second kappa shape index (κ2) is 2.22. The SMILES string of the molecule is CCCCCC12CC(N)(C1)C2. The van der Waals surface area contributed by atoms with E-state index in [1.54, 1.807) is 0 Å². The normalized spacial score (nSPS) is 46.4. The van der Waals surface area contributed by atoms with Crippen molar-refractivity contribution in [1.82, 2.24) is 0 Å². The monoisotopic (exact) mass is 153 g/mol. The van der Waals surface area contributed by atoms with Gasteiger partial charge in [-0.05, 0) is 31.1 Å². The molecule has 3 saturated carbocycles. The van der Waals surface area contributed by atoms with Gasteiger partial charge in [0.2, 0.25) is 0 Å². The summed E-state index contributed by atoms with van der Waals surface area (Å²) >= 11 is 0. The van der Waals surface area contributed by atoms with Crippen LogP contribution in [0, 0.1) is 5.41 Å². The Hall–Kier alpha value is -0.0400. The molecule has 0 aromatic heterocycles. The molecule has 0 spiro atoms. The molecule has 0 amide bonds. The van der Waals surface area contributed by atoms with Gasteiger partial charge in [-0.25, -0.2) is 0 Å². The van der Waals surface area contributed by atoms with Crippen LogP contribution in [0.3, 0.4) is 0 Å². The average Bonchev–Trinajstić information content (AvgIpc) is 1.82. The number of unbranched alkanes of at least 4 members (excludes halogenated alkanes) is 2. The Labute approximate surface area is 69.4 Å². The van der Waals surface area contributed by atoms with E-state index in [-0.39, 0.29) is 0 Å². The lowest BCUT2D eigenvalue weighted by Gasteiger charge is -2.69. The number of rotatable bonds is 4. The minimum absolute atomic E-state index is 0.326. The van der Waals surface area contributed by atoms with Gasteiger partial charge < -0.3 is 5.73 Å². The molecule has 0 radical (unpaired) electrons. The molecule has 64 valence electrons. The van der Waals surface area contributed by atoms with Gasteiger partial charge in [0, 0.05) is 5.54 Å². The first-order chi connectivity index (χ1) is 5.18. The van der Waals surface area contributed by atoms with Gasteiger partial charge in [0.25, 0.3) is 0 Å². The molecule has 0 saturated heterocycles. The van der Waals surface area contributed by atoms with E-state index in [1.165, 1.54) is 44.9 Å². The van der Waals surface area contributed by atoms with Crippen LogP contribution in [0.2, 0.25) is 0 Å². The third-order valence-electron chi connectivity index (χ3n) is 3.49. The fourth-order valence-corrected chi connectivity index (χ4v) is 3.10. The maximum absolute atomic E-state index is 5.98. The molecular weight excluding hydrogens is 134 g/mol. The number of hydrogen-bond acceptors (Lipinski definition) is 1. The van der Waals surface area contributed by atoms with Gasteiger partial charge in [0.05, 0.1) is 0 Å². The molecule has 2 N–H and O–H groups in total. The zero-order valence-electron chi connectivity index (χ0n) is 7.53. The predicted octanol–water partition coefficient (Wildman–Crippen LogP) is 2.45. The van der Waals surface area contributed by atoms with Crippen LogP contribution in [-0.2, 0) is 0 Å². The van der Waals surface area contributed by atoms with Crippen LogP contribution >= 0.6 is 0 Å². The van der Waals surface area contributed by atoms with Crippen LogP contribution in [0.1, 0.15) is 51.9 Å². The minimum Gasteiger partial charge on any atom is -0.325 e. The highest BCUT2D eigenvalue weighted by Gasteiger charge is 2.64. The first kappa shape index (κ1) is 7.60. The van der Waals surface area contributed by atoms with Crippen molar-refractivity contribution in [2.75, 3.05) is 0 Å². The molecule has 11 heavy (non-hydrogen) atoms. The second-order valence-corrected chi connectivity index (χ2v) is 4.85. The molecule has 0 aromatic rings. The highest BCUT2D eigenvalue weighted by molar-refractivity contribution is 5.20. The largest absolute Gasteiger partial charge is 0.325 e. The van der Waals surface area contributed by atoms with Gasteiger partial charge in [-0.3, -0.25) is 0 Å². The molecule has 0 atom stereocenters.